The third-order valence-electron chi connectivity index (χ3n) is 5.22. The molecule has 0 aliphatic carbocycles. The summed E-state index contributed by atoms with van der Waals surface area (Å²) in [5.74, 6) is -0.460. The largest absolute Gasteiger partial charge is 0.349 e. The first-order valence-corrected chi connectivity index (χ1v) is 10.2. The summed E-state index contributed by atoms with van der Waals surface area (Å²) in [4.78, 5) is 31.0. The van der Waals surface area contributed by atoms with Gasteiger partial charge in [0.15, 0.2) is 5.78 Å². The lowest BCUT2D eigenvalue weighted by atomic mass is 10.1. The van der Waals surface area contributed by atoms with Crippen LogP contribution >= 0.6 is 11.3 Å². The van der Waals surface area contributed by atoms with Gasteiger partial charge in [-0.15, -0.1) is 11.3 Å². The highest BCUT2D eigenvalue weighted by atomic mass is 32.1. The van der Waals surface area contributed by atoms with Crippen LogP contribution in [0.5, 0.6) is 0 Å². The Morgan fingerprint density at radius 2 is 1.93 bits per heavy atom. The van der Waals surface area contributed by atoms with Gasteiger partial charge in [-0.05, 0) is 44.5 Å². The number of benzene rings is 1. The summed E-state index contributed by atoms with van der Waals surface area (Å²) in [5.41, 5.74) is 3.72. The van der Waals surface area contributed by atoms with Gasteiger partial charge in [0, 0.05) is 34.4 Å². The molecular weight excluding hydrogens is 389 g/mol. The fraction of sp³-hybridized carbons (Fsp3) is 0.227. The van der Waals surface area contributed by atoms with Gasteiger partial charge in [0.2, 0.25) is 0 Å². The zero-order chi connectivity index (χ0) is 20.7. The molecule has 0 N–H and O–H groups in total. The normalized spacial score (nSPS) is 11.3. The monoisotopic (exact) mass is 409 g/mol. The van der Waals surface area contributed by atoms with Crippen molar-refractivity contribution in [3.8, 4) is 11.1 Å². The van der Waals surface area contributed by atoms with E-state index in [1.807, 2.05) is 32.2 Å². The van der Waals surface area contributed by atoms with Gasteiger partial charge in [-0.2, -0.15) is 0 Å². The van der Waals surface area contributed by atoms with Crippen molar-refractivity contribution in [3.05, 3.63) is 75.2 Å². The fourth-order valence-corrected chi connectivity index (χ4v) is 4.64. The van der Waals surface area contributed by atoms with Crippen molar-refractivity contribution in [3.63, 3.8) is 0 Å². The van der Waals surface area contributed by atoms with Crippen molar-refractivity contribution in [2.24, 2.45) is 0 Å². The SMILES string of the molecule is CCn1c(C)cc(C(=O)Cn2cnc3scc(-c4ccc(F)cc4)c3c2=O)c1C. The number of nitrogens with zero attached hydrogens (tertiary/aromatic N) is 3. The van der Waals surface area contributed by atoms with Gasteiger partial charge in [-0.3, -0.25) is 14.2 Å². The molecule has 4 rings (SSSR count). The second-order valence-corrected chi connectivity index (χ2v) is 7.82. The van der Waals surface area contributed by atoms with Gasteiger partial charge in [-0.1, -0.05) is 12.1 Å². The predicted molar refractivity (Wildman–Crippen MR) is 113 cm³/mol. The number of ketones is 1. The number of halogens is 1. The maximum absolute atomic E-state index is 13.3. The number of rotatable bonds is 5. The molecule has 0 fully saturated rings. The number of fused-ring (bicyclic) bond motifs is 1. The molecule has 1 aromatic carbocycles. The number of aryl methyl sites for hydroxylation is 1. The van der Waals surface area contributed by atoms with E-state index in [-0.39, 0.29) is 23.7 Å². The smallest absolute Gasteiger partial charge is 0.263 e. The number of hydrogen-bond acceptors (Lipinski definition) is 4. The Kier molecular flexibility index (Phi) is 4.92. The van der Waals surface area contributed by atoms with Crippen LogP contribution in [-0.4, -0.2) is 19.9 Å². The highest BCUT2D eigenvalue weighted by molar-refractivity contribution is 7.17. The molecule has 3 heterocycles. The Morgan fingerprint density at radius 3 is 2.59 bits per heavy atom. The number of hydrogen-bond donors (Lipinski definition) is 0. The molecule has 0 spiro atoms. The van der Waals surface area contributed by atoms with Crippen LogP contribution < -0.4 is 5.56 Å². The second-order valence-electron chi connectivity index (χ2n) is 6.97. The molecule has 0 aliphatic rings. The zero-order valence-electron chi connectivity index (χ0n) is 16.4. The first kappa shape index (κ1) is 19.3. The summed E-state index contributed by atoms with van der Waals surface area (Å²) in [5, 5.41) is 2.30. The average Bonchev–Trinajstić information content (AvgIpc) is 3.26. The molecule has 4 aromatic rings. The standard InChI is InChI=1S/C22H20FN3O2S/c1-4-26-13(2)9-17(14(26)3)19(27)10-25-12-24-21-20(22(25)28)18(11-29-21)15-5-7-16(23)8-6-15/h5-9,11-12H,4,10H2,1-3H3. The van der Waals surface area contributed by atoms with Crippen LogP contribution in [0, 0.1) is 19.7 Å². The summed E-state index contributed by atoms with van der Waals surface area (Å²) >= 11 is 1.36. The highest BCUT2D eigenvalue weighted by Crippen LogP contribution is 2.30. The molecule has 0 atom stereocenters. The van der Waals surface area contributed by atoms with Crippen molar-refractivity contribution in [2.75, 3.05) is 0 Å². The van der Waals surface area contributed by atoms with Gasteiger partial charge in [0.05, 0.1) is 18.3 Å². The lowest BCUT2D eigenvalue weighted by Crippen LogP contribution is -2.24. The van der Waals surface area contributed by atoms with E-state index in [9.17, 15) is 14.0 Å². The fourth-order valence-electron chi connectivity index (χ4n) is 3.73. The second kappa shape index (κ2) is 7.40. The molecule has 0 saturated carbocycles. The van der Waals surface area contributed by atoms with Crippen LogP contribution in [-0.2, 0) is 13.1 Å². The van der Waals surface area contributed by atoms with Gasteiger partial charge in [0.25, 0.3) is 5.56 Å². The van der Waals surface area contributed by atoms with E-state index in [4.69, 9.17) is 0 Å². The van der Waals surface area contributed by atoms with Crippen molar-refractivity contribution in [2.45, 2.75) is 33.9 Å². The maximum Gasteiger partial charge on any atom is 0.263 e. The quantitative estimate of drug-likeness (QED) is 0.453. The summed E-state index contributed by atoms with van der Waals surface area (Å²) in [6.45, 7) is 6.62. The van der Waals surface area contributed by atoms with E-state index in [1.165, 1.54) is 34.4 Å². The lowest BCUT2D eigenvalue weighted by Gasteiger charge is -2.07. The topological polar surface area (TPSA) is 56.9 Å². The molecule has 0 saturated heterocycles. The van der Waals surface area contributed by atoms with Crippen molar-refractivity contribution < 1.29 is 9.18 Å². The van der Waals surface area contributed by atoms with Gasteiger partial charge in [-0.25, -0.2) is 9.37 Å². The van der Waals surface area contributed by atoms with Gasteiger partial charge < -0.3 is 4.57 Å². The molecule has 5 nitrogen and oxygen atoms in total. The van der Waals surface area contributed by atoms with Crippen molar-refractivity contribution in [1.82, 2.24) is 14.1 Å². The molecule has 3 aromatic heterocycles. The van der Waals surface area contributed by atoms with E-state index in [0.29, 0.717) is 21.3 Å². The number of carbonyl (C=O) groups is 1. The number of Topliss-reactive ketones (excluding diaryl/α,β-unsaturated/α-hetero) is 1. The van der Waals surface area contributed by atoms with Crippen LogP contribution in [0.2, 0.25) is 0 Å². The molecule has 0 unspecified atom stereocenters. The van der Waals surface area contributed by atoms with E-state index < -0.39 is 0 Å². The van der Waals surface area contributed by atoms with Crippen LogP contribution in [0.25, 0.3) is 21.3 Å². The van der Waals surface area contributed by atoms with Crippen LogP contribution in [0.15, 0.2) is 46.8 Å². The van der Waals surface area contributed by atoms with Crippen LogP contribution in [0.3, 0.4) is 0 Å². The van der Waals surface area contributed by atoms with Crippen molar-refractivity contribution >= 4 is 27.3 Å². The van der Waals surface area contributed by atoms with E-state index in [0.717, 1.165) is 23.5 Å². The highest BCUT2D eigenvalue weighted by Gasteiger charge is 2.18. The zero-order valence-corrected chi connectivity index (χ0v) is 17.2. The Balaban J connectivity index is 1.75. The molecule has 148 valence electrons. The third kappa shape index (κ3) is 3.31. The molecule has 0 aliphatic heterocycles. The molecule has 0 bridgehead atoms. The van der Waals surface area contributed by atoms with Gasteiger partial charge >= 0.3 is 0 Å². The van der Waals surface area contributed by atoms with Crippen molar-refractivity contribution in [1.29, 1.82) is 0 Å². The summed E-state index contributed by atoms with van der Waals surface area (Å²) in [6, 6.07) is 7.87. The van der Waals surface area contributed by atoms with Gasteiger partial charge in [0.1, 0.15) is 10.6 Å². The first-order valence-electron chi connectivity index (χ1n) is 9.33. The average molecular weight is 409 g/mol. The molecule has 7 heteroatoms. The lowest BCUT2D eigenvalue weighted by molar-refractivity contribution is 0.0970. The van der Waals surface area contributed by atoms with Crippen LogP contribution in [0.1, 0.15) is 28.7 Å². The summed E-state index contributed by atoms with van der Waals surface area (Å²) in [7, 11) is 0. The number of carbonyl (C=O) groups excluding carboxylic acids is 1. The third-order valence-corrected chi connectivity index (χ3v) is 6.11. The minimum Gasteiger partial charge on any atom is -0.349 e. The molecular formula is C22H20FN3O2S. The maximum atomic E-state index is 13.3. The first-order chi connectivity index (χ1) is 13.9. The van der Waals surface area contributed by atoms with E-state index in [1.54, 1.807) is 12.1 Å². The summed E-state index contributed by atoms with van der Waals surface area (Å²) in [6.07, 6.45) is 1.42. The van der Waals surface area contributed by atoms with E-state index in [2.05, 4.69) is 9.55 Å². The number of aromatic nitrogens is 3. The van der Waals surface area contributed by atoms with Crippen LogP contribution in [0.4, 0.5) is 4.39 Å². The Labute approximate surface area is 171 Å². The Bertz CT molecular complexity index is 1280. The van der Waals surface area contributed by atoms with E-state index >= 15 is 0 Å². The Morgan fingerprint density at radius 1 is 1.21 bits per heavy atom. The Hall–Kier alpha value is -3.06. The molecule has 0 amide bonds. The number of thiophene rings is 1. The molecule has 0 radical (unpaired) electrons. The minimum absolute atomic E-state index is 0.0749. The predicted octanol–water partition coefficient (Wildman–Crippen LogP) is 4.59. The molecule has 29 heavy (non-hydrogen) atoms. The minimum atomic E-state index is -0.334. The summed E-state index contributed by atoms with van der Waals surface area (Å²) < 4.78 is 16.7.